The Hall–Kier alpha value is -3.25. The number of benzene rings is 1. The second kappa shape index (κ2) is 8.63. The standard InChI is InChI=1S/C22H22N4O2/c27-22(19-8-9-21(24-16-19)28-20-6-2-1-3-7-20)26-13-11-25(12-14-26)17-18-5-4-10-23-15-18/h1-10,15-16H,11-14,17H2. The van der Waals surface area contributed by atoms with Crippen LogP contribution in [0.2, 0.25) is 0 Å². The van der Waals surface area contributed by atoms with E-state index >= 15 is 0 Å². The summed E-state index contributed by atoms with van der Waals surface area (Å²) in [5, 5.41) is 0. The minimum atomic E-state index is 0.0137. The summed E-state index contributed by atoms with van der Waals surface area (Å²) in [5.74, 6) is 1.21. The molecule has 142 valence electrons. The average Bonchev–Trinajstić information content (AvgIpc) is 2.76. The molecule has 0 atom stereocenters. The fourth-order valence-corrected chi connectivity index (χ4v) is 3.22. The number of carbonyl (C=O) groups is 1. The fourth-order valence-electron chi connectivity index (χ4n) is 3.22. The Bertz CT molecular complexity index is 893. The number of carbonyl (C=O) groups excluding carboxylic acids is 1. The molecule has 1 amide bonds. The maximum atomic E-state index is 12.8. The van der Waals surface area contributed by atoms with Crippen molar-refractivity contribution in [1.82, 2.24) is 19.8 Å². The quantitative estimate of drug-likeness (QED) is 0.686. The van der Waals surface area contributed by atoms with Gasteiger partial charge in [-0.3, -0.25) is 14.7 Å². The van der Waals surface area contributed by atoms with Gasteiger partial charge in [-0.15, -0.1) is 0 Å². The lowest BCUT2D eigenvalue weighted by molar-refractivity contribution is 0.0628. The van der Waals surface area contributed by atoms with Crippen LogP contribution in [0.4, 0.5) is 0 Å². The van der Waals surface area contributed by atoms with E-state index in [1.54, 1.807) is 24.5 Å². The summed E-state index contributed by atoms with van der Waals surface area (Å²) < 4.78 is 5.68. The first-order valence-corrected chi connectivity index (χ1v) is 9.37. The summed E-state index contributed by atoms with van der Waals surface area (Å²) in [7, 11) is 0. The molecule has 0 aliphatic carbocycles. The molecule has 28 heavy (non-hydrogen) atoms. The van der Waals surface area contributed by atoms with E-state index in [9.17, 15) is 4.79 Å². The van der Waals surface area contributed by atoms with Crippen molar-refractivity contribution in [2.45, 2.75) is 6.54 Å². The molecule has 6 nitrogen and oxygen atoms in total. The highest BCUT2D eigenvalue weighted by Crippen LogP contribution is 2.19. The van der Waals surface area contributed by atoms with Crippen LogP contribution in [0.15, 0.2) is 73.2 Å². The van der Waals surface area contributed by atoms with E-state index in [2.05, 4.69) is 20.9 Å². The van der Waals surface area contributed by atoms with Gasteiger partial charge in [0.15, 0.2) is 0 Å². The van der Waals surface area contributed by atoms with Crippen molar-refractivity contribution in [2.75, 3.05) is 26.2 Å². The van der Waals surface area contributed by atoms with E-state index in [0.717, 1.165) is 25.4 Å². The highest BCUT2D eigenvalue weighted by atomic mass is 16.5. The molecule has 4 rings (SSSR count). The lowest BCUT2D eigenvalue weighted by Crippen LogP contribution is -2.48. The van der Waals surface area contributed by atoms with Crippen LogP contribution in [0.3, 0.4) is 0 Å². The predicted octanol–water partition coefficient (Wildman–Crippen LogP) is 3.23. The van der Waals surface area contributed by atoms with Gasteiger partial charge in [0.1, 0.15) is 5.75 Å². The van der Waals surface area contributed by atoms with Crippen molar-refractivity contribution in [3.8, 4) is 11.6 Å². The van der Waals surface area contributed by atoms with Gasteiger partial charge in [-0.25, -0.2) is 4.98 Å². The van der Waals surface area contributed by atoms with Crippen molar-refractivity contribution in [2.24, 2.45) is 0 Å². The monoisotopic (exact) mass is 374 g/mol. The zero-order chi connectivity index (χ0) is 19.2. The van der Waals surface area contributed by atoms with Crippen molar-refractivity contribution < 1.29 is 9.53 Å². The molecule has 3 aromatic rings. The largest absolute Gasteiger partial charge is 0.439 e. The number of piperazine rings is 1. The molecule has 0 unspecified atom stereocenters. The molecule has 6 heteroatoms. The number of amides is 1. The zero-order valence-electron chi connectivity index (χ0n) is 15.6. The first kappa shape index (κ1) is 18.1. The number of hydrogen-bond acceptors (Lipinski definition) is 5. The van der Waals surface area contributed by atoms with E-state index in [1.165, 1.54) is 5.56 Å². The molecular weight excluding hydrogens is 352 g/mol. The topological polar surface area (TPSA) is 58.6 Å². The van der Waals surface area contributed by atoms with Gasteiger partial charge >= 0.3 is 0 Å². The average molecular weight is 374 g/mol. The second-order valence-corrected chi connectivity index (χ2v) is 6.73. The molecule has 1 aromatic carbocycles. The zero-order valence-corrected chi connectivity index (χ0v) is 15.6. The van der Waals surface area contributed by atoms with Gasteiger partial charge in [0, 0.05) is 57.4 Å². The van der Waals surface area contributed by atoms with E-state index < -0.39 is 0 Å². The smallest absolute Gasteiger partial charge is 0.255 e. The maximum absolute atomic E-state index is 12.8. The van der Waals surface area contributed by atoms with Crippen molar-refractivity contribution in [1.29, 1.82) is 0 Å². The van der Waals surface area contributed by atoms with Crippen LogP contribution in [0.25, 0.3) is 0 Å². The minimum absolute atomic E-state index is 0.0137. The summed E-state index contributed by atoms with van der Waals surface area (Å²) in [5.41, 5.74) is 1.78. The van der Waals surface area contributed by atoms with Gasteiger partial charge in [0.25, 0.3) is 5.91 Å². The first-order valence-electron chi connectivity index (χ1n) is 9.37. The van der Waals surface area contributed by atoms with Gasteiger partial charge in [0.2, 0.25) is 5.88 Å². The normalized spacial score (nSPS) is 14.6. The Balaban J connectivity index is 1.31. The van der Waals surface area contributed by atoms with Crippen molar-refractivity contribution in [3.05, 3.63) is 84.3 Å². The third-order valence-electron chi connectivity index (χ3n) is 4.74. The molecule has 3 heterocycles. The summed E-state index contributed by atoms with van der Waals surface area (Å²) in [6.45, 7) is 3.98. The molecule has 1 aliphatic heterocycles. The molecule has 0 N–H and O–H groups in total. The van der Waals surface area contributed by atoms with Crippen LogP contribution in [-0.4, -0.2) is 51.9 Å². The van der Waals surface area contributed by atoms with Crippen LogP contribution in [-0.2, 0) is 6.54 Å². The highest BCUT2D eigenvalue weighted by molar-refractivity contribution is 5.94. The maximum Gasteiger partial charge on any atom is 0.255 e. The Morgan fingerprint density at radius 2 is 1.75 bits per heavy atom. The van der Waals surface area contributed by atoms with Crippen LogP contribution in [0.5, 0.6) is 11.6 Å². The number of hydrogen-bond donors (Lipinski definition) is 0. The minimum Gasteiger partial charge on any atom is -0.439 e. The number of nitrogens with zero attached hydrogens (tertiary/aromatic N) is 4. The predicted molar refractivity (Wildman–Crippen MR) is 106 cm³/mol. The molecule has 1 aliphatic rings. The Morgan fingerprint density at radius 1 is 0.929 bits per heavy atom. The van der Waals surface area contributed by atoms with Gasteiger partial charge in [0.05, 0.1) is 5.56 Å². The van der Waals surface area contributed by atoms with Crippen LogP contribution < -0.4 is 4.74 Å². The Morgan fingerprint density at radius 3 is 2.43 bits per heavy atom. The van der Waals surface area contributed by atoms with Crippen molar-refractivity contribution in [3.63, 3.8) is 0 Å². The number of aromatic nitrogens is 2. The van der Waals surface area contributed by atoms with E-state index in [4.69, 9.17) is 4.74 Å². The van der Waals surface area contributed by atoms with Crippen molar-refractivity contribution >= 4 is 5.91 Å². The van der Waals surface area contributed by atoms with Crippen LogP contribution in [0.1, 0.15) is 15.9 Å². The summed E-state index contributed by atoms with van der Waals surface area (Å²) in [6.07, 6.45) is 5.26. The van der Waals surface area contributed by atoms with Gasteiger partial charge < -0.3 is 9.64 Å². The number of para-hydroxylation sites is 1. The first-order chi connectivity index (χ1) is 13.8. The lowest BCUT2D eigenvalue weighted by Gasteiger charge is -2.34. The second-order valence-electron chi connectivity index (χ2n) is 6.73. The third kappa shape index (κ3) is 4.53. The van der Waals surface area contributed by atoms with Crippen LogP contribution in [0, 0.1) is 0 Å². The third-order valence-corrected chi connectivity index (χ3v) is 4.74. The molecule has 0 saturated carbocycles. The fraction of sp³-hybridized carbons (Fsp3) is 0.227. The molecule has 1 fully saturated rings. The van der Waals surface area contributed by atoms with Gasteiger partial charge in [-0.2, -0.15) is 0 Å². The molecule has 2 aromatic heterocycles. The number of ether oxygens (including phenoxy) is 1. The van der Waals surface area contributed by atoms with Gasteiger partial charge in [-0.05, 0) is 29.8 Å². The molecule has 0 spiro atoms. The number of rotatable bonds is 5. The Labute approximate surface area is 164 Å². The molecular formula is C22H22N4O2. The Kier molecular flexibility index (Phi) is 5.58. The SMILES string of the molecule is O=C(c1ccc(Oc2ccccc2)nc1)N1CCN(Cc2cccnc2)CC1. The molecule has 0 radical (unpaired) electrons. The lowest BCUT2D eigenvalue weighted by atomic mass is 10.2. The van der Waals surface area contributed by atoms with E-state index in [0.29, 0.717) is 24.5 Å². The number of pyridine rings is 2. The van der Waals surface area contributed by atoms with E-state index in [-0.39, 0.29) is 5.91 Å². The highest BCUT2D eigenvalue weighted by Gasteiger charge is 2.22. The summed E-state index contributed by atoms with van der Waals surface area (Å²) >= 11 is 0. The summed E-state index contributed by atoms with van der Waals surface area (Å²) in [4.78, 5) is 25.4. The van der Waals surface area contributed by atoms with Gasteiger partial charge in [-0.1, -0.05) is 24.3 Å². The molecule has 1 saturated heterocycles. The van der Waals surface area contributed by atoms with Crippen LogP contribution >= 0.6 is 0 Å². The summed E-state index contributed by atoms with van der Waals surface area (Å²) in [6, 6.07) is 17.0. The van der Waals surface area contributed by atoms with E-state index in [1.807, 2.05) is 47.5 Å². The molecule has 0 bridgehead atoms.